The average molecular weight is 394 g/mol. The summed E-state index contributed by atoms with van der Waals surface area (Å²) in [5.74, 6) is -0.0369. The summed E-state index contributed by atoms with van der Waals surface area (Å²) < 4.78 is 43.5. The molecule has 0 aliphatic carbocycles. The number of rotatable bonds is 9. The molecular formula is C19H23FN2O4S. The smallest absolute Gasteiger partial charge is 0.221 e. The minimum atomic E-state index is -3.50. The Morgan fingerprint density at radius 2 is 1.81 bits per heavy atom. The average Bonchev–Trinajstić information content (AvgIpc) is 2.64. The van der Waals surface area contributed by atoms with Gasteiger partial charge in [-0.25, -0.2) is 12.8 Å². The Kier molecular flexibility index (Phi) is 7.32. The molecule has 0 fully saturated rings. The standard InChI is InChI=1S/C19H23FN2O4S/c1-26-18-6-4-3-5-16(18)14-22(27(2,24)25)12-11-19(23)21-13-15-7-9-17(20)10-8-15/h3-10H,11-14H2,1-2H3,(H,21,23). The molecule has 0 unspecified atom stereocenters. The third kappa shape index (κ3) is 6.65. The summed E-state index contributed by atoms with van der Waals surface area (Å²) >= 11 is 0. The fourth-order valence-electron chi connectivity index (χ4n) is 2.50. The van der Waals surface area contributed by atoms with Crippen LogP contribution in [-0.2, 0) is 27.9 Å². The van der Waals surface area contributed by atoms with Crippen LogP contribution >= 0.6 is 0 Å². The summed E-state index contributed by atoms with van der Waals surface area (Å²) in [6.07, 6.45) is 1.13. The maximum Gasteiger partial charge on any atom is 0.221 e. The van der Waals surface area contributed by atoms with Crippen LogP contribution in [0.1, 0.15) is 17.5 Å². The van der Waals surface area contributed by atoms with Crippen LogP contribution in [0.2, 0.25) is 0 Å². The number of hydrogen-bond donors (Lipinski definition) is 1. The van der Waals surface area contributed by atoms with Gasteiger partial charge in [-0.2, -0.15) is 4.31 Å². The molecule has 146 valence electrons. The zero-order valence-corrected chi connectivity index (χ0v) is 16.1. The molecule has 0 bridgehead atoms. The van der Waals surface area contributed by atoms with Crippen LogP contribution in [0.5, 0.6) is 5.75 Å². The van der Waals surface area contributed by atoms with E-state index in [0.717, 1.165) is 17.4 Å². The van der Waals surface area contributed by atoms with Gasteiger partial charge in [0, 0.05) is 31.6 Å². The number of nitrogens with zero attached hydrogens (tertiary/aromatic N) is 1. The molecule has 0 aliphatic rings. The monoisotopic (exact) mass is 394 g/mol. The second kappa shape index (κ2) is 9.48. The molecule has 0 atom stereocenters. The lowest BCUT2D eigenvalue weighted by Gasteiger charge is -2.21. The highest BCUT2D eigenvalue weighted by Crippen LogP contribution is 2.20. The minimum absolute atomic E-state index is 0.0173. The van der Waals surface area contributed by atoms with E-state index in [2.05, 4.69) is 5.32 Å². The predicted molar refractivity (Wildman–Crippen MR) is 101 cm³/mol. The molecule has 0 spiro atoms. The molecule has 27 heavy (non-hydrogen) atoms. The third-order valence-corrected chi connectivity index (χ3v) is 5.25. The summed E-state index contributed by atoms with van der Waals surface area (Å²) in [6, 6.07) is 12.9. The van der Waals surface area contributed by atoms with E-state index >= 15 is 0 Å². The van der Waals surface area contributed by atoms with Crippen molar-refractivity contribution in [3.8, 4) is 5.75 Å². The number of sulfonamides is 1. The van der Waals surface area contributed by atoms with Crippen molar-refractivity contribution in [2.45, 2.75) is 19.5 Å². The first-order valence-electron chi connectivity index (χ1n) is 8.38. The summed E-state index contributed by atoms with van der Waals surface area (Å²) in [5.41, 5.74) is 1.48. The van der Waals surface area contributed by atoms with Crippen molar-refractivity contribution in [2.24, 2.45) is 0 Å². The Morgan fingerprint density at radius 1 is 1.15 bits per heavy atom. The van der Waals surface area contributed by atoms with Gasteiger partial charge in [0.1, 0.15) is 11.6 Å². The first kappa shape index (κ1) is 20.9. The fourth-order valence-corrected chi connectivity index (χ4v) is 3.30. The quantitative estimate of drug-likeness (QED) is 0.708. The highest BCUT2D eigenvalue weighted by Gasteiger charge is 2.19. The van der Waals surface area contributed by atoms with Crippen LogP contribution in [0.25, 0.3) is 0 Å². The number of carbonyl (C=O) groups excluding carboxylic acids is 1. The SMILES string of the molecule is COc1ccccc1CN(CCC(=O)NCc1ccc(F)cc1)S(C)(=O)=O. The van der Waals surface area contributed by atoms with Crippen LogP contribution in [0.4, 0.5) is 4.39 Å². The van der Waals surface area contributed by atoms with E-state index in [1.54, 1.807) is 36.4 Å². The largest absolute Gasteiger partial charge is 0.496 e. The van der Waals surface area contributed by atoms with Gasteiger partial charge in [-0.05, 0) is 23.8 Å². The molecule has 0 radical (unpaired) electrons. The van der Waals surface area contributed by atoms with Crippen LogP contribution in [-0.4, -0.2) is 38.5 Å². The predicted octanol–water partition coefficient (Wildman–Crippen LogP) is 2.30. The number of carbonyl (C=O) groups is 1. The summed E-state index contributed by atoms with van der Waals surface area (Å²) in [4.78, 5) is 12.1. The van der Waals surface area contributed by atoms with Gasteiger partial charge in [-0.15, -0.1) is 0 Å². The number of ether oxygens (including phenoxy) is 1. The normalized spacial score (nSPS) is 11.4. The van der Waals surface area contributed by atoms with Gasteiger partial charge >= 0.3 is 0 Å². The molecule has 2 aromatic carbocycles. The Bertz CT molecular complexity index is 870. The first-order chi connectivity index (χ1) is 12.8. The number of nitrogens with one attached hydrogen (secondary N) is 1. The molecule has 0 saturated heterocycles. The Morgan fingerprint density at radius 3 is 2.44 bits per heavy atom. The maximum absolute atomic E-state index is 12.9. The number of benzene rings is 2. The van der Waals surface area contributed by atoms with Gasteiger partial charge in [0.25, 0.3) is 0 Å². The van der Waals surface area contributed by atoms with Crippen molar-refractivity contribution >= 4 is 15.9 Å². The van der Waals surface area contributed by atoms with E-state index in [9.17, 15) is 17.6 Å². The number of halogens is 1. The second-order valence-corrected chi connectivity index (χ2v) is 8.04. The molecule has 0 saturated carbocycles. The van der Waals surface area contributed by atoms with Crippen LogP contribution in [0.3, 0.4) is 0 Å². The molecule has 2 rings (SSSR count). The van der Waals surface area contributed by atoms with E-state index in [0.29, 0.717) is 5.75 Å². The summed E-state index contributed by atoms with van der Waals surface area (Å²) in [6.45, 7) is 0.421. The van der Waals surface area contributed by atoms with E-state index in [1.807, 2.05) is 0 Å². The van der Waals surface area contributed by atoms with Crippen molar-refractivity contribution in [3.05, 3.63) is 65.5 Å². The zero-order chi connectivity index (χ0) is 19.9. The van der Waals surface area contributed by atoms with Gasteiger partial charge in [0.15, 0.2) is 0 Å². The minimum Gasteiger partial charge on any atom is -0.496 e. The van der Waals surface area contributed by atoms with Gasteiger partial charge < -0.3 is 10.1 Å². The van der Waals surface area contributed by atoms with Gasteiger partial charge in [0.2, 0.25) is 15.9 Å². The summed E-state index contributed by atoms with van der Waals surface area (Å²) in [7, 11) is -1.98. The number of methoxy groups -OCH3 is 1. The molecule has 2 aromatic rings. The zero-order valence-electron chi connectivity index (χ0n) is 15.3. The molecule has 1 N–H and O–H groups in total. The van der Waals surface area contributed by atoms with E-state index in [4.69, 9.17) is 4.74 Å². The van der Waals surface area contributed by atoms with E-state index in [-0.39, 0.29) is 37.8 Å². The first-order valence-corrected chi connectivity index (χ1v) is 10.2. The van der Waals surface area contributed by atoms with Crippen LogP contribution in [0.15, 0.2) is 48.5 Å². The molecular weight excluding hydrogens is 371 g/mol. The van der Waals surface area contributed by atoms with Crippen LogP contribution < -0.4 is 10.1 Å². The van der Waals surface area contributed by atoms with Crippen molar-refractivity contribution in [3.63, 3.8) is 0 Å². The molecule has 0 heterocycles. The Labute approximate surface area is 159 Å². The van der Waals surface area contributed by atoms with Crippen molar-refractivity contribution in [1.82, 2.24) is 9.62 Å². The lowest BCUT2D eigenvalue weighted by Crippen LogP contribution is -2.34. The number of hydrogen-bond acceptors (Lipinski definition) is 4. The highest BCUT2D eigenvalue weighted by atomic mass is 32.2. The fraction of sp³-hybridized carbons (Fsp3) is 0.316. The number of amides is 1. The molecule has 6 nitrogen and oxygen atoms in total. The molecule has 8 heteroatoms. The van der Waals surface area contributed by atoms with Gasteiger partial charge in [-0.1, -0.05) is 30.3 Å². The van der Waals surface area contributed by atoms with Gasteiger partial charge in [0.05, 0.1) is 13.4 Å². The van der Waals surface area contributed by atoms with E-state index < -0.39 is 10.0 Å². The van der Waals surface area contributed by atoms with E-state index in [1.165, 1.54) is 23.5 Å². The molecule has 1 amide bonds. The van der Waals surface area contributed by atoms with Gasteiger partial charge in [-0.3, -0.25) is 4.79 Å². The number of para-hydroxylation sites is 1. The lowest BCUT2D eigenvalue weighted by molar-refractivity contribution is -0.121. The molecule has 0 aliphatic heterocycles. The summed E-state index contributed by atoms with van der Waals surface area (Å²) in [5, 5.41) is 2.70. The third-order valence-electron chi connectivity index (χ3n) is 4.00. The van der Waals surface area contributed by atoms with Crippen molar-refractivity contribution < 1.29 is 22.3 Å². The van der Waals surface area contributed by atoms with Crippen LogP contribution in [0, 0.1) is 5.82 Å². The molecule has 0 aromatic heterocycles. The highest BCUT2D eigenvalue weighted by molar-refractivity contribution is 7.88. The Hall–Kier alpha value is -2.45. The lowest BCUT2D eigenvalue weighted by atomic mass is 10.2. The maximum atomic E-state index is 12.9. The Balaban J connectivity index is 1.94. The second-order valence-electron chi connectivity index (χ2n) is 6.06. The van der Waals surface area contributed by atoms with Crippen molar-refractivity contribution in [1.29, 1.82) is 0 Å². The topological polar surface area (TPSA) is 75.7 Å². The van der Waals surface area contributed by atoms with Crippen molar-refractivity contribution in [2.75, 3.05) is 19.9 Å².